The van der Waals surface area contributed by atoms with E-state index in [0.717, 1.165) is 4.31 Å². The van der Waals surface area contributed by atoms with Crippen LogP contribution in [0.4, 0.5) is 5.69 Å². The molecule has 0 radical (unpaired) electrons. The van der Waals surface area contributed by atoms with Crippen molar-refractivity contribution in [3.8, 4) is 5.75 Å². The Balaban J connectivity index is 2.14. The van der Waals surface area contributed by atoms with Crippen molar-refractivity contribution >= 4 is 50.7 Å². The Morgan fingerprint density at radius 3 is 2.10 bits per heavy atom. The largest absolute Gasteiger partial charge is 0.492 e. The van der Waals surface area contributed by atoms with Gasteiger partial charge in [-0.3, -0.25) is 13.9 Å². The monoisotopic (exact) mass is 619 g/mol. The van der Waals surface area contributed by atoms with E-state index >= 15 is 0 Å². The zero-order valence-electron chi connectivity index (χ0n) is 23.5. The molecule has 0 saturated heterocycles. The summed E-state index contributed by atoms with van der Waals surface area (Å²) in [5.74, 6) is -0.684. The van der Waals surface area contributed by atoms with Gasteiger partial charge < -0.3 is 15.0 Å². The van der Waals surface area contributed by atoms with Crippen molar-refractivity contribution in [1.82, 2.24) is 10.2 Å². The predicted molar refractivity (Wildman–Crippen MR) is 163 cm³/mol. The standard InChI is InChI=1S/C30H35Cl2N3O5S/c1-5-26(30(37)33-21(3)4)34(19-23-24(31)15-12-16-25(23)32)29(36)20-35(27-17-10-11-18-28(27)40-6-2)41(38,39)22-13-8-7-9-14-22/h7-18,21,26H,5-6,19-20H2,1-4H3,(H,33,37)/t26-/m1/s1. The van der Waals surface area contributed by atoms with Gasteiger partial charge in [-0.15, -0.1) is 0 Å². The number of hydrogen-bond acceptors (Lipinski definition) is 5. The minimum Gasteiger partial charge on any atom is -0.492 e. The summed E-state index contributed by atoms with van der Waals surface area (Å²) < 4.78 is 34.8. The smallest absolute Gasteiger partial charge is 0.264 e. The van der Waals surface area contributed by atoms with E-state index < -0.39 is 28.5 Å². The third kappa shape index (κ3) is 7.93. The molecule has 11 heteroatoms. The van der Waals surface area contributed by atoms with Crippen LogP contribution >= 0.6 is 23.2 Å². The third-order valence-corrected chi connectivity index (χ3v) is 8.73. The lowest BCUT2D eigenvalue weighted by atomic mass is 10.1. The highest BCUT2D eigenvalue weighted by molar-refractivity contribution is 7.92. The summed E-state index contributed by atoms with van der Waals surface area (Å²) in [6, 6.07) is 18.3. The van der Waals surface area contributed by atoms with Crippen molar-refractivity contribution in [3.05, 3.63) is 88.4 Å². The molecule has 0 aliphatic carbocycles. The molecule has 0 saturated carbocycles. The molecular formula is C30H35Cl2N3O5S. The van der Waals surface area contributed by atoms with Crippen molar-refractivity contribution < 1.29 is 22.7 Å². The maximum Gasteiger partial charge on any atom is 0.264 e. The number of hydrogen-bond donors (Lipinski definition) is 1. The van der Waals surface area contributed by atoms with Crippen LogP contribution in [0.2, 0.25) is 10.0 Å². The van der Waals surface area contributed by atoms with Crippen molar-refractivity contribution in [3.63, 3.8) is 0 Å². The number of para-hydroxylation sites is 2. The summed E-state index contributed by atoms with van der Waals surface area (Å²) in [7, 11) is -4.23. The Bertz CT molecular complexity index is 1430. The lowest BCUT2D eigenvalue weighted by Crippen LogP contribution is -2.53. The number of halogens is 2. The highest BCUT2D eigenvalue weighted by atomic mass is 35.5. The van der Waals surface area contributed by atoms with E-state index in [0.29, 0.717) is 21.4 Å². The van der Waals surface area contributed by atoms with Gasteiger partial charge in [-0.05, 0) is 63.6 Å². The van der Waals surface area contributed by atoms with Crippen molar-refractivity contribution in [2.24, 2.45) is 0 Å². The second-order valence-electron chi connectivity index (χ2n) is 9.53. The third-order valence-electron chi connectivity index (χ3n) is 6.25. The van der Waals surface area contributed by atoms with Gasteiger partial charge in [-0.2, -0.15) is 0 Å². The highest BCUT2D eigenvalue weighted by Gasteiger charge is 2.35. The van der Waals surface area contributed by atoms with E-state index in [-0.39, 0.29) is 42.1 Å². The van der Waals surface area contributed by atoms with Gasteiger partial charge in [0.2, 0.25) is 11.8 Å². The molecular weight excluding hydrogens is 585 g/mol. The van der Waals surface area contributed by atoms with E-state index in [4.69, 9.17) is 27.9 Å². The van der Waals surface area contributed by atoms with Gasteiger partial charge in [0, 0.05) is 28.2 Å². The quantitative estimate of drug-likeness (QED) is 0.256. The van der Waals surface area contributed by atoms with Crippen LogP contribution in [0.15, 0.2) is 77.7 Å². The Kier molecular flexibility index (Phi) is 11.5. The second kappa shape index (κ2) is 14.6. The lowest BCUT2D eigenvalue weighted by molar-refractivity contribution is -0.140. The first-order chi connectivity index (χ1) is 19.5. The molecule has 8 nitrogen and oxygen atoms in total. The molecule has 0 unspecified atom stereocenters. The number of carbonyl (C=O) groups excluding carboxylic acids is 2. The number of nitrogens with one attached hydrogen (secondary N) is 1. The van der Waals surface area contributed by atoms with Crippen LogP contribution in [0, 0.1) is 0 Å². The van der Waals surface area contributed by atoms with Gasteiger partial charge in [-0.1, -0.05) is 66.5 Å². The summed E-state index contributed by atoms with van der Waals surface area (Å²) in [4.78, 5) is 28.8. The van der Waals surface area contributed by atoms with Crippen LogP contribution < -0.4 is 14.4 Å². The van der Waals surface area contributed by atoms with Crippen molar-refractivity contribution in [1.29, 1.82) is 0 Å². The van der Waals surface area contributed by atoms with Crippen LogP contribution in [0.25, 0.3) is 0 Å². The fourth-order valence-electron chi connectivity index (χ4n) is 4.33. The molecule has 220 valence electrons. The minimum absolute atomic E-state index is 0.00407. The molecule has 0 aliphatic heterocycles. The number of amides is 2. The Morgan fingerprint density at radius 2 is 1.51 bits per heavy atom. The van der Waals surface area contributed by atoms with Gasteiger partial charge in [-0.25, -0.2) is 8.42 Å². The minimum atomic E-state index is -4.23. The molecule has 0 spiro atoms. The number of rotatable bonds is 13. The molecule has 3 aromatic carbocycles. The Hall–Kier alpha value is -3.27. The molecule has 1 N–H and O–H groups in total. The number of benzene rings is 3. The topological polar surface area (TPSA) is 96.0 Å². The van der Waals surface area contributed by atoms with Gasteiger partial charge >= 0.3 is 0 Å². The van der Waals surface area contributed by atoms with Gasteiger partial charge in [0.15, 0.2) is 0 Å². The molecule has 2 amide bonds. The SMILES string of the molecule is CCOc1ccccc1N(CC(=O)N(Cc1c(Cl)cccc1Cl)[C@H](CC)C(=O)NC(C)C)S(=O)(=O)c1ccccc1. The highest BCUT2D eigenvalue weighted by Crippen LogP contribution is 2.33. The van der Waals surface area contributed by atoms with E-state index in [1.54, 1.807) is 74.5 Å². The Morgan fingerprint density at radius 1 is 0.902 bits per heavy atom. The molecule has 41 heavy (non-hydrogen) atoms. The summed E-state index contributed by atoms with van der Waals surface area (Å²) in [6.45, 7) is 6.78. The van der Waals surface area contributed by atoms with Crippen molar-refractivity contribution in [2.45, 2.75) is 57.6 Å². The summed E-state index contributed by atoms with van der Waals surface area (Å²) in [5.41, 5.74) is 0.647. The number of anilines is 1. The molecule has 0 heterocycles. The maximum absolute atomic E-state index is 14.2. The van der Waals surface area contributed by atoms with Crippen LogP contribution in [-0.4, -0.2) is 50.4 Å². The zero-order valence-corrected chi connectivity index (χ0v) is 25.8. The zero-order chi connectivity index (χ0) is 30.2. The first-order valence-electron chi connectivity index (χ1n) is 13.3. The van der Waals surface area contributed by atoms with E-state index in [2.05, 4.69) is 5.32 Å². The van der Waals surface area contributed by atoms with Gasteiger partial charge in [0.1, 0.15) is 18.3 Å². The first kappa shape index (κ1) is 32.2. The lowest BCUT2D eigenvalue weighted by Gasteiger charge is -2.34. The first-order valence-corrected chi connectivity index (χ1v) is 15.5. The van der Waals surface area contributed by atoms with Crippen LogP contribution in [0.3, 0.4) is 0 Å². The van der Waals surface area contributed by atoms with Gasteiger partial charge in [0.25, 0.3) is 10.0 Å². The van der Waals surface area contributed by atoms with Crippen molar-refractivity contribution in [2.75, 3.05) is 17.5 Å². The summed E-state index contributed by atoms with van der Waals surface area (Å²) in [5, 5.41) is 3.51. The van der Waals surface area contributed by atoms with E-state index in [9.17, 15) is 18.0 Å². The predicted octanol–water partition coefficient (Wildman–Crippen LogP) is 5.92. The number of ether oxygens (including phenoxy) is 1. The molecule has 0 aromatic heterocycles. The summed E-state index contributed by atoms with van der Waals surface area (Å²) in [6.07, 6.45) is 0.271. The van der Waals surface area contributed by atoms with E-state index in [1.807, 2.05) is 13.8 Å². The molecule has 0 fully saturated rings. The molecule has 0 bridgehead atoms. The molecule has 1 atom stereocenters. The molecule has 3 rings (SSSR count). The Labute approximate surface area is 252 Å². The summed E-state index contributed by atoms with van der Waals surface area (Å²) >= 11 is 12.9. The van der Waals surface area contributed by atoms with Crippen LogP contribution in [0.5, 0.6) is 5.75 Å². The molecule has 0 aliphatic rings. The number of sulfonamides is 1. The maximum atomic E-state index is 14.2. The van der Waals surface area contributed by atoms with Crippen LogP contribution in [0.1, 0.15) is 39.7 Å². The normalized spacial score (nSPS) is 12.1. The van der Waals surface area contributed by atoms with Gasteiger partial charge in [0.05, 0.1) is 17.2 Å². The van der Waals surface area contributed by atoms with Crippen LogP contribution in [-0.2, 0) is 26.2 Å². The molecule has 3 aromatic rings. The second-order valence-corrected chi connectivity index (χ2v) is 12.2. The number of carbonyl (C=O) groups is 2. The number of nitrogens with zero attached hydrogens (tertiary/aromatic N) is 2. The fraction of sp³-hybridized carbons (Fsp3) is 0.333. The van der Waals surface area contributed by atoms with E-state index in [1.165, 1.54) is 17.0 Å². The average Bonchev–Trinajstić information content (AvgIpc) is 2.93. The fourth-order valence-corrected chi connectivity index (χ4v) is 6.29. The average molecular weight is 621 g/mol.